The van der Waals surface area contributed by atoms with E-state index in [-0.39, 0.29) is 30.0 Å². The summed E-state index contributed by atoms with van der Waals surface area (Å²) in [5.74, 6) is -0.843. The minimum absolute atomic E-state index is 0.0173. The van der Waals surface area contributed by atoms with E-state index in [4.69, 9.17) is 4.52 Å². The summed E-state index contributed by atoms with van der Waals surface area (Å²) in [6.07, 6.45) is -6.44. The van der Waals surface area contributed by atoms with Crippen LogP contribution >= 0.6 is 0 Å². The van der Waals surface area contributed by atoms with Crippen LogP contribution in [0.2, 0.25) is 0 Å². The van der Waals surface area contributed by atoms with Crippen LogP contribution in [0.5, 0.6) is 0 Å². The molecule has 4 rings (SSSR count). The number of carbonyl (C=O) groups is 1. The second kappa shape index (κ2) is 12.2. The third-order valence-corrected chi connectivity index (χ3v) is 7.35. The van der Waals surface area contributed by atoms with Gasteiger partial charge in [0.05, 0.1) is 11.1 Å². The van der Waals surface area contributed by atoms with Gasteiger partial charge in [0.15, 0.2) is 0 Å². The van der Waals surface area contributed by atoms with Gasteiger partial charge in [0.2, 0.25) is 5.89 Å². The summed E-state index contributed by atoms with van der Waals surface area (Å²) in [5, 5.41) is 13.9. The molecule has 1 aliphatic rings. The second-order valence-electron chi connectivity index (χ2n) is 10.4. The Labute approximate surface area is 239 Å². The molecule has 0 amide bonds. The van der Waals surface area contributed by atoms with Gasteiger partial charge in [-0.25, -0.2) is 4.79 Å². The molecule has 0 unspecified atom stereocenters. The Bertz CT molecular complexity index is 1390. The molecule has 2 aromatic carbocycles. The Balaban J connectivity index is 1.82. The number of alkyl halides is 6. The van der Waals surface area contributed by atoms with Crippen LogP contribution in [0.3, 0.4) is 0 Å². The summed E-state index contributed by atoms with van der Waals surface area (Å²) in [6.45, 7) is 5.19. The van der Waals surface area contributed by atoms with Gasteiger partial charge in [-0.2, -0.15) is 31.3 Å². The number of anilines is 2. The Morgan fingerprint density at radius 1 is 0.976 bits per heavy atom. The Hall–Kier alpha value is -3.77. The zero-order valence-electron chi connectivity index (χ0n) is 23.4. The molecule has 0 saturated heterocycles. The minimum Gasteiger partial charge on any atom is -0.480 e. The molecule has 13 heteroatoms. The van der Waals surface area contributed by atoms with Crippen molar-refractivity contribution in [3.8, 4) is 0 Å². The molecule has 42 heavy (non-hydrogen) atoms. The lowest BCUT2D eigenvalue weighted by molar-refractivity contribution is -0.143. The van der Waals surface area contributed by atoms with Crippen LogP contribution < -0.4 is 9.80 Å². The first-order chi connectivity index (χ1) is 19.7. The Morgan fingerprint density at radius 3 is 2.10 bits per heavy atom. The molecule has 0 saturated carbocycles. The largest absolute Gasteiger partial charge is 0.480 e. The van der Waals surface area contributed by atoms with Crippen molar-refractivity contribution in [2.75, 3.05) is 16.3 Å². The highest BCUT2D eigenvalue weighted by Crippen LogP contribution is 2.38. The van der Waals surface area contributed by atoms with Crippen LogP contribution in [0.15, 0.2) is 34.9 Å². The van der Waals surface area contributed by atoms with E-state index in [1.165, 1.54) is 11.8 Å². The molecule has 3 aromatic rings. The fourth-order valence-corrected chi connectivity index (χ4v) is 5.45. The van der Waals surface area contributed by atoms with Crippen molar-refractivity contribution in [3.05, 3.63) is 69.6 Å². The number of aryl methyl sites for hydroxylation is 3. The van der Waals surface area contributed by atoms with Gasteiger partial charge in [-0.3, -0.25) is 0 Å². The normalized spacial score (nSPS) is 14.1. The van der Waals surface area contributed by atoms with E-state index in [2.05, 4.69) is 10.1 Å². The fourth-order valence-electron chi connectivity index (χ4n) is 5.45. The quantitative estimate of drug-likeness (QED) is 0.234. The second-order valence-corrected chi connectivity index (χ2v) is 10.4. The van der Waals surface area contributed by atoms with E-state index in [9.17, 15) is 36.2 Å². The van der Waals surface area contributed by atoms with Gasteiger partial charge < -0.3 is 19.4 Å². The average Bonchev–Trinajstić information content (AvgIpc) is 3.55. The number of benzene rings is 2. The number of carboxylic acids is 1. The fraction of sp³-hybridized carbons (Fsp3) is 0.483. The summed E-state index contributed by atoms with van der Waals surface area (Å²) >= 11 is 0. The average molecular weight is 599 g/mol. The van der Waals surface area contributed by atoms with E-state index in [0.29, 0.717) is 42.8 Å². The van der Waals surface area contributed by atoms with Crippen molar-refractivity contribution < 1.29 is 40.8 Å². The molecule has 0 spiro atoms. The molecule has 1 heterocycles. The van der Waals surface area contributed by atoms with Crippen LogP contribution in [-0.4, -0.2) is 33.8 Å². The van der Waals surface area contributed by atoms with Gasteiger partial charge in [0.1, 0.15) is 6.04 Å². The van der Waals surface area contributed by atoms with E-state index < -0.39 is 42.0 Å². The van der Waals surface area contributed by atoms with E-state index in [1.807, 2.05) is 26.0 Å². The van der Waals surface area contributed by atoms with Gasteiger partial charge in [0, 0.05) is 32.2 Å². The third-order valence-electron chi connectivity index (χ3n) is 7.35. The van der Waals surface area contributed by atoms with Crippen molar-refractivity contribution in [2.24, 2.45) is 0 Å². The molecule has 0 radical (unpaired) electrons. The van der Waals surface area contributed by atoms with Gasteiger partial charge in [-0.15, -0.1) is 0 Å². The Kier molecular flexibility index (Phi) is 9.07. The SMILES string of the molecule is CCC[C@@H](C(=O)O)N(CC)c1cc2c(cc1CN(Cc1cc(C(F)(F)F)cc(C(F)(F)F)c1)c1noc(C)n1)CCC2. The van der Waals surface area contributed by atoms with Crippen LogP contribution in [-0.2, 0) is 43.1 Å². The zero-order chi connectivity index (χ0) is 30.8. The molecule has 1 N–H and O–H groups in total. The Morgan fingerprint density at radius 2 is 1.60 bits per heavy atom. The van der Waals surface area contributed by atoms with Crippen LogP contribution in [0, 0.1) is 6.92 Å². The number of halogens is 6. The van der Waals surface area contributed by atoms with Crippen molar-refractivity contribution >= 4 is 17.6 Å². The van der Waals surface area contributed by atoms with Gasteiger partial charge in [0.25, 0.3) is 5.95 Å². The van der Waals surface area contributed by atoms with Gasteiger partial charge in [-0.05, 0) is 84.3 Å². The number of hydrogen-bond donors (Lipinski definition) is 1. The van der Waals surface area contributed by atoms with Gasteiger partial charge in [-0.1, -0.05) is 19.4 Å². The molecule has 0 fully saturated rings. The maximum absolute atomic E-state index is 13.6. The summed E-state index contributed by atoms with van der Waals surface area (Å²) in [4.78, 5) is 19.7. The maximum Gasteiger partial charge on any atom is 0.416 e. The van der Waals surface area contributed by atoms with Crippen molar-refractivity contribution in [1.82, 2.24) is 10.1 Å². The zero-order valence-corrected chi connectivity index (χ0v) is 23.4. The lowest BCUT2D eigenvalue weighted by Gasteiger charge is -2.33. The summed E-state index contributed by atoms with van der Waals surface area (Å²) in [5.41, 5.74) is 0.363. The first-order valence-corrected chi connectivity index (χ1v) is 13.7. The first-order valence-electron chi connectivity index (χ1n) is 13.7. The maximum atomic E-state index is 13.6. The predicted octanol–water partition coefficient (Wildman–Crippen LogP) is 7.19. The highest BCUT2D eigenvalue weighted by Gasteiger charge is 2.37. The molecular formula is C29H32F6N4O3. The molecule has 1 aromatic heterocycles. The lowest BCUT2D eigenvalue weighted by Crippen LogP contribution is -2.42. The number of nitrogens with zero attached hydrogens (tertiary/aromatic N) is 4. The molecule has 1 atom stereocenters. The van der Waals surface area contributed by atoms with E-state index >= 15 is 0 Å². The monoisotopic (exact) mass is 598 g/mol. The highest BCUT2D eigenvalue weighted by atomic mass is 19.4. The summed E-state index contributed by atoms with van der Waals surface area (Å²) in [7, 11) is 0. The number of hydrogen-bond acceptors (Lipinski definition) is 6. The standard InChI is InChI=1S/C29H32F6N4O3/c1-4-7-24(26(40)41)39(5-2)25-13-20-9-6-8-19(20)12-21(25)16-38(27-36-17(3)42-37-27)15-18-10-22(28(30,31)32)14-23(11-18)29(33,34)35/h10-14,24H,4-9,15-16H2,1-3H3,(H,40,41)/t24-/m0/s1. The van der Waals surface area contributed by atoms with E-state index in [1.54, 1.807) is 4.90 Å². The number of aliphatic carboxylic acids is 1. The van der Waals surface area contributed by atoms with Crippen LogP contribution in [0.25, 0.3) is 0 Å². The van der Waals surface area contributed by atoms with Crippen molar-refractivity contribution in [1.29, 1.82) is 0 Å². The van der Waals surface area contributed by atoms with Crippen molar-refractivity contribution in [2.45, 2.75) is 84.4 Å². The third kappa shape index (κ3) is 6.99. The number of carboxylic acid groups (broad SMARTS) is 1. The smallest absolute Gasteiger partial charge is 0.416 e. The molecule has 1 aliphatic carbocycles. The topological polar surface area (TPSA) is 82.7 Å². The van der Waals surface area contributed by atoms with E-state index in [0.717, 1.165) is 30.4 Å². The van der Waals surface area contributed by atoms with Crippen molar-refractivity contribution in [3.63, 3.8) is 0 Å². The molecule has 0 aliphatic heterocycles. The predicted molar refractivity (Wildman–Crippen MR) is 143 cm³/mol. The summed E-state index contributed by atoms with van der Waals surface area (Å²) < 4.78 is 86.6. The minimum atomic E-state index is -5.00. The summed E-state index contributed by atoms with van der Waals surface area (Å²) in [6, 6.07) is 4.52. The number of likely N-dealkylation sites (N-methyl/N-ethyl adjacent to an activating group) is 1. The number of fused-ring (bicyclic) bond motifs is 1. The molecule has 0 bridgehead atoms. The van der Waals surface area contributed by atoms with Crippen LogP contribution in [0.1, 0.15) is 72.4 Å². The molecular weight excluding hydrogens is 566 g/mol. The van der Waals surface area contributed by atoms with Crippen LogP contribution in [0.4, 0.5) is 38.0 Å². The lowest BCUT2D eigenvalue weighted by atomic mass is 10.00. The molecule has 7 nitrogen and oxygen atoms in total. The molecule has 228 valence electrons. The number of rotatable bonds is 11. The number of aromatic nitrogens is 2. The highest BCUT2D eigenvalue weighted by molar-refractivity contribution is 5.79. The van der Waals surface area contributed by atoms with Gasteiger partial charge >= 0.3 is 18.3 Å². The first kappa shape index (κ1) is 31.2.